The predicted molar refractivity (Wildman–Crippen MR) is 104 cm³/mol. The zero-order chi connectivity index (χ0) is 19.6. The van der Waals surface area contributed by atoms with Crippen molar-refractivity contribution in [1.82, 2.24) is 5.32 Å². The standard InChI is InChI=1S/C20H26N2O5/c1-14-4-6-15(7-5-14)19(27-11-10-23)13-21-20(24)22-16-8-9-17(25-2)18(12-16)26-3/h4-9,12,19,23H,10-11,13H2,1-3H3,(H2,21,22,24). The molecule has 1 unspecified atom stereocenters. The number of carbonyl (C=O) groups is 1. The van der Waals surface area contributed by atoms with Crippen LogP contribution in [-0.2, 0) is 4.74 Å². The third-order valence-electron chi connectivity index (χ3n) is 3.95. The highest BCUT2D eigenvalue weighted by Crippen LogP contribution is 2.29. The van der Waals surface area contributed by atoms with Gasteiger partial charge in [0.1, 0.15) is 0 Å². The van der Waals surface area contributed by atoms with Crippen LogP contribution in [0.2, 0.25) is 0 Å². The van der Waals surface area contributed by atoms with E-state index in [0.717, 1.165) is 11.1 Å². The van der Waals surface area contributed by atoms with E-state index in [1.54, 1.807) is 25.3 Å². The minimum Gasteiger partial charge on any atom is -0.493 e. The van der Waals surface area contributed by atoms with E-state index in [9.17, 15) is 4.79 Å². The van der Waals surface area contributed by atoms with Crippen LogP contribution in [0.1, 0.15) is 17.2 Å². The molecule has 0 radical (unpaired) electrons. The molecular weight excluding hydrogens is 348 g/mol. The molecule has 0 fully saturated rings. The number of rotatable bonds is 9. The molecule has 0 spiro atoms. The molecule has 2 rings (SSSR count). The van der Waals surface area contributed by atoms with E-state index < -0.39 is 0 Å². The molecule has 146 valence electrons. The zero-order valence-corrected chi connectivity index (χ0v) is 15.8. The van der Waals surface area contributed by atoms with Gasteiger partial charge >= 0.3 is 6.03 Å². The van der Waals surface area contributed by atoms with Crippen molar-refractivity contribution in [2.45, 2.75) is 13.0 Å². The Hall–Kier alpha value is -2.77. The average molecular weight is 374 g/mol. The summed E-state index contributed by atoms with van der Waals surface area (Å²) in [6.07, 6.45) is -0.353. The first-order valence-corrected chi connectivity index (χ1v) is 8.63. The Balaban J connectivity index is 1.97. The van der Waals surface area contributed by atoms with Crippen molar-refractivity contribution < 1.29 is 24.1 Å². The number of methoxy groups -OCH3 is 2. The molecule has 2 amide bonds. The molecule has 7 nitrogen and oxygen atoms in total. The summed E-state index contributed by atoms with van der Waals surface area (Å²) < 4.78 is 16.1. The largest absolute Gasteiger partial charge is 0.493 e. The third kappa shape index (κ3) is 6.16. The lowest BCUT2D eigenvalue weighted by molar-refractivity contribution is 0.0297. The van der Waals surface area contributed by atoms with Crippen molar-refractivity contribution in [1.29, 1.82) is 0 Å². The van der Waals surface area contributed by atoms with Gasteiger partial charge in [-0.3, -0.25) is 0 Å². The SMILES string of the molecule is COc1ccc(NC(=O)NCC(OCCO)c2ccc(C)cc2)cc1OC. The molecule has 0 aromatic heterocycles. The summed E-state index contributed by atoms with van der Waals surface area (Å²) in [5.74, 6) is 1.11. The number of urea groups is 1. The van der Waals surface area contributed by atoms with E-state index in [1.165, 1.54) is 7.11 Å². The van der Waals surface area contributed by atoms with E-state index in [2.05, 4.69) is 10.6 Å². The average Bonchev–Trinajstić information content (AvgIpc) is 2.68. The van der Waals surface area contributed by atoms with Gasteiger partial charge in [0.25, 0.3) is 0 Å². The lowest BCUT2D eigenvalue weighted by atomic mass is 10.1. The summed E-state index contributed by atoms with van der Waals surface area (Å²) in [5, 5.41) is 14.6. The van der Waals surface area contributed by atoms with Gasteiger partial charge in [0.15, 0.2) is 11.5 Å². The second-order valence-corrected chi connectivity index (χ2v) is 5.90. The lowest BCUT2D eigenvalue weighted by Crippen LogP contribution is -2.33. The number of nitrogens with one attached hydrogen (secondary N) is 2. The lowest BCUT2D eigenvalue weighted by Gasteiger charge is -2.19. The molecule has 0 aliphatic carbocycles. The topological polar surface area (TPSA) is 89.1 Å². The van der Waals surface area contributed by atoms with E-state index >= 15 is 0 Å². The van der Waals surface area contributed by atoms with Crippen LogP contribution in [0.3, 0.4) is 0 Å². The Kier molecular flexibility index (Phi) is 7.91. The highest BCUT2D eigenvalue weighted by atomic mass is 16.5. The van der Waals surface area contributed by atoms with Gasteiger partial charge in [-0.1, -0.05) is 29.8 Å². The molecule has 0 saturated heterocycles. The first kappa shape index (κ1) is 20.5. The summed E-state index contributed by atoms with van der Waals surface area (Å²) in [4.78, 5) is 12.2. The number of anilines is 1. The van der Waals surface area contributed by atoms with E-state index in [4.69, 9.17) is 19.3 Å². The Bertz CT molecular complexity index is 734. The number of aryl methyl sites for hydroxylation is 1. The molecule has 1 atom stereocenters. The molecule has 0 heterocycles. The third-order valence-corrected chi connectivity index (χ3v) is 3.95. The van der Waals surface area contributed by atoms with Crippen molar-refractivity contribution in [2.75, 3.05) is 39.3 Å². The highest BCUT2D eigenvalue weighted by molar-refractivity contribution is 5.89. The monoisotopic (exact) mass is 374 g/mol. The van der Waals surface area contributed by atoms with Gasteiger partial charge in [0.2, 0.25) is 0 Å². The van der Waals surface area contributed by atoms with E-state index in [0.29, 0.717) is 17.2 Å². The number of aliphatic hydroxyl groups is 1. The molecule has 0 aliphatic heterocycles. The van der Waals surface area contributed by atoms with Crippen molar-refractivity contribution in [2.24, 2.45) is 0 Å². The van der Waals surface area contributed by atoms with E-state index in [1.807, 2.05) is 31.2 Å². The summed E-state index contributed by atoms with van der Waals surface area (Å²) in [5.41, 5.74) is 2.65. The van der Waals surface area contributed by atoms with Gasteiger partial charge < -0.3 is 30.0 Å². The summed E-state index contributed by atoms with van der Waals surface area (Å²) in [6.45, 7) is 2.38. The normalized spacial score (nSPS) is 11.6. The molecule has 7 heteroatoms. The van der Waals surface area contributed by atoms with Crippen molar-refractivity contribution in [3.8, 4) is 11.5 Å². The highest BCUT2D eigenvalue weighted by Gasteiger charge is 2.14. The van der Waals surface area contributed by atoms with Crippen molar-refractivity contribution in [3.63, 3.8) is 0 Å². The number of carbonyl (C=O) groups excluding carboxylic acids is 1. The Morgan fingerprint density at radius 3 is 2.41 bits per heavy atom. The zero-order valence-electron chi connectivity index (χ0n) is 15.8. The van der Waals surface area contributed by atoms with Crippen molar-refractivity contribution >= 4 is 11.7 Å². The van der Waals surface area contributed by atoms with Crippen LogP contribution in [0, 0.1) is 6.92 Å². The van der Waals surface area contributed by atoms with Gasteiger partial charge in [-0.2, -0.15) is 0 Å². The minimum atomic E-state index is -0.369. The smallest absolute Gasteiger partial charge is 0.319 e. The first-order chi connectivity index (χ1) is 13.1. The van der Waals surface area contributed by atoms with E-state index in [-0.39, 0.29) is 31.9 Å². The number of benzene rings is 2. The number of ether oxygens (including phenoxy) is 3. The Morgan fingerprint density at radius 1 is 1.07 bits per heavy atom. The van der Waals surface area contributed by atoms with Gasteiger partial charge in [-0.15, -0.1) is 0 Å². The van der Waals surface area contributed by atoms with Gasteiger partial charge in [0.05, 0.1) is 33.5 Å². The molecule has 3 N–H and O–H groups in total. The van der Waals surface area contributed by atoms with Crippen LogP contribution >= 0.6 is 0 Å². The molecule has 2 aromatic rings. The quantitative estimate of drug-likeness (QED) is 0.628. The fourth-order valence-electron chi connectivity index (χ4n) is 2.52. The molecular formula is C20H26N2O5. The van der Waals surface area contributed by atoms with Crippen LogP contribution in [0.25, 0.3) is 0 Å². The maximum absolute atomic E-state index is 12.2. The van der Waals surface area contributed by atoms with Crippen molar-refractivity contribution in [3.05, 3.63) is 53.6 Å². The second kappa shape index (κ2) is 10.4. The number of aliphatic hydroxyl groups excluding tert-OH is 1. The summed E-state index contributed by atoms with van der Waals surface area (Å²) >= 11 is 0. The Labute approximate surface area is 159 Å². The van der Waals surface area contributed by atoms with Crippen LogP contribution in [0.15, 0.2) is 42.5 Å². The fraction of sp³-hybridized carbons (Fsp3) is 0.350. The minimum absolute atomic E-state index is 0.0831. The predicted octanol–water partition coefficient (Wildman–Crippen LogP) is 2.88. The molecule has 2 aromatic carbocycles. The van der Waals surface area contributed by atoms with Gasteiger partial charge in [-0.25, -0.2) is 4.79 Å². The van der Waals surface area contributed by atoms with Crippen LogP contribution in [0.5, 0.6) is 11.5 Å². The second-order valence-electron chi connectivity index (χ2n) is 5.90. The molecule has 0 saturated carbocycles. The Morgan fingerprint density at radius 2 is 1.78 bits per heavy atom. The van der Waals surface area contributed by atoms with Gasteiger partial charge in [0, 0.05) is 18.3 Å². The maximum Gasteiger partial charge on any atom is 0.319 e. The summed E-state index contributed by atoms with van der Waals surface area (Å²) in [6, 6.07) is 12.6. The molecule has 0 bridgehead atoms. The number of hydrogen-bond acceptors (Lipinski definition) is 5. The molecule has 27 heavy (non-hydrogen) atoms. The summed E-state index contributed by atoms with van der Waals surface area (Å²) in [7, 11) is 3.08. The number of hydrogen-bond donors (Lipinski definition) is 3. The fourth-order valence-corrected chi connectivity index (χ4v) is 2.52. The van der Waals surface area contributed by atoms with Gasteiger partial charge in [-0.05, 0) is 24.6 Å². The van der Waals surface area contributed by atoms with Crippen LogP contribution in [0.4, 0.5) is 10.5 Å². The molecule has 0 aliphatic rings. The maximum atomic E-state index is 12.2. The first-order valence-electron chi connectivity index (χ1n) is 8.63. The number of amides is 2. The van der Waals surface area contributed by atoms with Crippen LogP contribution < -0.4 is 20.1 Å². The van der Waals surface area contributed by atoms with Crippen LogP contribution in [-0.4, -0.2) is 45.1 Å².